The van der Waals surface area contributed by atoms with E-state index in [0.29, 0.717) is 6.54 Å². The minimum absolute atomic E-state index is 0.00340. The highest BCUT2D eigenvalue weighted by Gasteiger charge is 2.47. The van der Waals surface area contributed by atoms with Gasteiger partial charge in [-0.05, 0) is 31.7 Å². The summed E-state index contributed by atoms with van der Waals surface area (Å²) in [5.74, 6) is 0.922. The molecular weight excluding hydrogens is 264 g/mol. The van der Waals surface area contributed by atoms with E-state index in [1.165, 1.54) is 18.4 Å². The van der Waals surface area contributed by atoms with Gasteiger partial charge in [0.25, 0.3) is 0 Å². The number of hydrogen-bond acceptors (Lipinski definition) is 3. The SMILES string of the molecule is COc1ccccc1C1(CNC(=O)C2(N)CC2)CCCC1. The van der Waals surface area contributed by atoms with Crippen molar-refractivity contribution >= 4 is 5.91 Å². The Morgan fingerprint density at radius 2 is 1.90 bits per heavy atom. The quantitative estimate of drug-likeness (QED) is 0.872. The van der Waals surface area contributed by atoms with Gasteiger partial charge >= 0.3 is 0 Å². The molecule has 2 aliphatic rings. The third-order valence-corrected chi connectivity index (χ3v) is 5.07. The van der Waals surface area contributed by atoms with E-state index in [1.807, 2.05) is 18.2 Å². The Morgan fingerprint density at radius 1 is 1.24 bits per heavy atom. The van der Waals surface area contributed by atoms with Crippen LogP contribution in [0.2, 0.25) is 0 Å². The molecule has 0 bridgehead atoms. The second kappa shape index (κ2) is 5.34. The summed E-state index contributed by atoms with van der Waals surface area (Å²) in [5, 5.41) is 3.10. The molecule has 4 heteroatoms. The molecule has 0 aromatic heterocycles. The van der Waals surface area contributed by atoms with Crippen molar-refractivity contribution in [3.63, 3.8) is 0 Å². The van der Waals surface area contributed by atoms with Gasteiger partial charge < -0.3 is 15.8 Å². The first-order valence-electron chi connectivity index (χ1n) is 7.80. The van der Waals surface area contributed by atoms with Crippen LogP contribution >= 0.6 is 0 Å². The van der Waals surface area contributed by atoms with E-state index in [4.69, 9.17) is 10.5 Å². The topological polar surface area (TPSA) is 64.3 Å². The van der Waals surface area contributed by atoms with Gasteiger partial charge in [-0.15, -0.1) is 0 Å². The van der Waals surface area contributed by atoms with Gasteiger partial charge in [-0.2, -0.15) is 0 Å². The van der Waals surface area contributed by atoms with E-state index in [9.17, 15) is 4.79 Å². The third-order valence-electron chi connectivity index (χ3n) is 5.07. The molecule has 0 saturated heterocycles. The summed E-state index contributed by atoms with van der Waals surface area (Å²) in [5.41, 5.74) is 6.59. The van der Waals surface area contributed by atoms with Gasteiger partial charge in [-0.1, -0.05) is 31.0 Å². The number of rotatable bonds is 5. The molecule has 3 rings (SSSR count). The van der Waals surface area contributed by atoms with Crippen LogP contribution in [0.15, 0.2) is 24.3 Å². The summed E-state index contributed by atoms with van der Waals surface area (Å²) in [6, 6.07) is 8.17. The number of carbonyl (C=O) groups excluding carboxylic acids is 1. The molecule has 2 aliphatic carbocycles. The second-order valence-electron chi connectivity index (χ2n) is 6.53. The summed E-state index contributed by atoms with van der Waals surface area (Å²) >= 11 is 0. The van der Waals surface area contributed by atoms with E-state index < -0.39 is 5.54 Å². The fourth-order valence-corrected chi connectivity index (χ4v) is 3.46. The van der Waals surface area contributed by atoms with E-state index in [0.717, 1.165) is 31.4 Å². The Bertz CT molecular complexity index is 531. The van der Waals surface area contributed by atoms with Crippen molar-refractivity contribution in [1.29, 1.82) is 0 Å². The van der Waals surface area contributed by atoms with Crippen molar-refractivity contribution < 1.29 is 9.53 Å². The van der Waals surface area contributed by atoms with Gasteiger partial charge in [0.05, 0.1) is 12.6 Å². The molecule has 0 unspecified atom stereocenters. The number of amides is 1. The first-order valence-corrected chi connectivity index (χ1v) is 7.80. The van der Waals surface area contributed by atoms with Crippen molar-refractivity contribution in [3.05, 3.63) is 29.8 Å². The Kier molecular flexibility index (Phi) is 3.66. The number of nitrogens with two attached hydrogens (primary N) is 1. The summed E-state index contributed by atoms with van der Waals surface area (Å²) < 4.78 is 5.53. The van der Waals surface area contributed by atoms with Crippen LogP contribution in [0.4, 0.5) is 0 Å². The highest BCUT2D eigenvalue weighted by Crippen LogP contribution is 2.44. The van der Waals surface area contributed by atoms with Crippen LogP contribution in [0.3, 0.4) is 0 Å². The largest absolute Gasteiger partial charge is 0.496 e. The fraction of sp³-hybridized carbons (Fsp3) is 0.588. The molecule has 0 aliphatic heterocycles. The van der Waals surface area contributed by atoms with Crippen molar-refractivity contribution in [2.75, 3.05) is 13.7 Å². The van der Waals surface area contributed by atoms with Crippen molar-refractivity contribution in [3.8, 4) is 5.75 Å². The lowest BCUT2D eigenvalue weighted by atomic mass is 9.78. The maximum absolute atomic E-state index is 12.1. The molecule has 3 N–H and O–H groups in total. The lowest BCUT2D eigenvalue weighted by molar-refractivity contribution is -0.123. The normalized spacial score (nSPS) is 21.8. The predicted molar refractivity (Wildman–Crippen MR) is 82.3 cm³/mol. The van der Waals surface area contributed by atoms with E-state index in [2.05, 4.69) is 11.4 Å². The van der Waals surface area contributed by atoms with Crippen LogP contribution in [0.25, 0.3) is 0 Å². The first-order chi connectivity index (χ1) is 10.1. The van der Waals surface area contributed by atoms with Crippen LogP contribution in [0.5, 0.6) is 5.75 Å². The van der Waals surface area contributed by atoms with E-state index in [-0.39, 0.29) is 11.3 Å². The number of nitrogens with one attached hydrogen (secondary N) is 1. The van der Waals surface area contributed by atoms with Crippen LogP contribution in [0.1, 0.15) is 44.1 Å². The number of para-hydroxylation sites is 1. The van der Waals surface area contributed by atoms with Gasteiger partial charge in [-0.25, -0.2) is 0 Å². The zero-order chi connectivity index (χ0) is 14.9. The Morgan fingerprint density at radius 3 is 2.52 bits per heavy atom. The molecule has 2 fully saturated rings. The minimum Gasteiger partial charge on any atom is -0.496 e. The highest BCUT2D eigenvalue weighted by molar-refractivity contribution is 5.89. The van der Waals surface area contributed by atoms with Crippen molar-refractivity contribution in [2.24, 2.45) is 5.73 Å². The van der Waals surface area contributed by atoms with Gasteiger partial charge in [0.2, 0.25) is 5.91 Å². The Balaban J connectivity index is 1.81. The first kappa shape index (κ1) is 14.4. The molecule has 2 saturated carbocycles. The smallest absolute Gasteiger partial charge is 0.240 e. The van der Waals surface area contributed by atoms with Crippen molar-refractivity contribution in [2.45, 2.75) is 49.5 Å². The third kappa shape index (κ3) is 2.64. The number of methoxy groups -OCH3 is 1. The van der Waals surface area contributed by atoms with E-state index in [1.54, 1.807) is 7.11 Å². The Hall–Kier alpha value is -1.55. The predicted octanol–water partition coefficient (Wildman–Crippen LogP) is 2.11. The zero-order valence-corrected chi connectivity index (χ0v) is 12.7. The molecule has 21 heavy (non-hydrogen) atoms. The lowest BCUT2D eigenvalue weighted by Gasteiger charge is -2.31. The van der Waals surface area contributed by atoms with Crippen LogP contribution in [-0.4, -0.2) is 25.1 Å². The summed E-state index contributed by atoms with van der Waals surface area (Å²) in [4.78, 5) is 12.1. The molecule has 1 amide bonds. The standard InChI is InChI=1S/C17H24N2O2/c1-21-14-7-3-2-6-13(14)16(8-4-5-9-16)12-19-15(20)17(18)10-11-17/h2-3,6-7H,4-5,8-12,18H2,1H3,(H,19,20). The number of hydrogen-bond donors (Lipinski definition) is 2. The monoisotopic (exact) mass is 288 g/mol. The van der Waals surface area contributed by atoms with Crippen LogP contribution in [0, 0.1) is 0 Å². The molecule has 0 heterocycles. The second-order valence-corrected chi connectivity index (χ2v) is 6.53. The molecule has 1 aromatic carbocycles. The molecule has 114 valence electrons. The lowest BCUT2D eigenvalue weighted by Crippen LogP contribution is -2.47. The molecule has 0 radical (unpaired) electrons. The average molecular weight is 288 g/mol. The highest BCUT2D eigenvalue weighted by atomic mass is 16.5. The van der Waals surface area contributed by atoms with Crippen molar-refractivity contribution in [1.82, 2.24) is 5.32 Å². The number of benzene rings is 1. The zero-order valence-electron chi connectivity index (χ0n) is 12.7. The van der Waals surface area contributed by atoms with E-state index >= 15 is 0 Å². The summed E-state index contributed by atoms with van der Waals surface area (Å²) in [7, 11) is 1.71. The number of ether oxygens (including phenoxy) is 1. The molecule has 0 spiro atoms. The summed E-state index contributed by atoms with van der Waals surface area (Å²) in [6.07, 6.45) is 6.18. The van der Waals surface area contributed by atoms with Gasteiger partial charge in [-0.3, -0.25) is 4.79 Å². The van der Waals surface area contributed by atoms with Gasteiger partial charge in [0, 0.05) is 17.5 Å². The maximum Gasteiger partial charge on any atom is 0.240 e. The van der Waals surface area contributed by atoms with Crippen LogP contribution in [-0.2, 0) is 10.2 Å². The van der Waals surface area contributed by atoms with Gasteiger partial charge in [0.1, 0.15) is 5.75 Å². The molecule has 1 aromatic rings. The average Bonchev–Trinajstić information content (AvgIpc) is 3.10. The molecule has 0 atom stereocenters. The number of carbonyl (C=O) groups is 1. The Labute approximate surface area is 126 Å². The minimum atomic E-state index is -0.597. The maximum atomic E-state index is 12.1. The molecule has 4 nitrogen and oxygen atoms in total. The van der Waals surface area contributed by atoms with Gasteiger partial charge in [0.15, 0.2) is 0 Å². The van der Waals surface area contributed by atoms with Crippen LogP contribution < -0.4 is 15.8 Å². The molecular formula is C17H24N2O2. The fourth-order valence-electron chi connectivity index (χ4n) is 3.46. The summed E-state index contributed by atoms with van der Waals surface area (Å²) in [6.45, 7) is 0.658.